The maximum atomic E-state index is 9.67. The molecular weight excluding hydrogens is 136 g/mol. The van der Waals surface area contributed by atoms with Gasteiger partial charge in [0, 0.05) is 0 Å². The van der Waals surface area contributed by atoms with E-state index in [2.05, 4.69) is 13.8 Å². The van der Waals surface area contributed by atoms with Gasteiger partial charge in [0.1, 0.15) is 0 Å². The summed E-state index contributed by atoms with van der Waals surface area (Å²) in [5, 5.41) is 9.67. The third-order valence-corrected chi connectivity index (χ3v) is 2.88. The Bertz CT molecular complexity index is 111. The Morgan fingerprint density at radius 2 is 2.09 bits per heavy atom. The molecule has 0 bridgehead atoms. The summed E-state index contributed by atoms with van der Waals surface area (Å²) in [6.45, 7) is 4.44. The van der Waals surface area contributed by atoms with Crippen LogP contribution in [0, 0.1) is 11.8 Å². The molecule has 0 aromatic carbocycles. The van der Waals surface area contributed by atoms with Crippen LogP contribution in [0.2, 0.25) is 0 Å². The van der Waals surface area contributed by atoms with Gasteiger partial charge in [0.25, 0.3) is 0 Å². The Labute approximate surface area is 69.8 Å². The van der Waals surface area contributed by atoms with Gasteiger partial charge in [0.15, 0.2) is 0 Å². The van der Waals surface area contributed by atoms with Crippen LogP contribution in [-0.2, 0) is 0 Å². The molecule has 66 valence electrons. The van der Waals surface area contributed by atoms with Crippen molar-refractivity contribution in [3.05, 3.63) is 0 Å². The molecular formula is C10H20O. The van der Waals surface area contributed by atoms with Gasteiger partial charge in [-0.1, -0.05) is 26.7 Å². The maximum absolute atomic E-state index is 9.67. The highest BCUT2D eigenvalue weighted by molar-refractivity contribution is 4.77. The summed E-state index contributed by atoms with van der Waals surface area (Å²) in [6.07, 6.45) is 6.03. The van der Waals surface area contributed by atoms with Gasteiger partial charge in [-0.05, 0) is 31.1 Å². The first-order valence-corrected chi connectivity index (χ1v) is 4.92. The van der Waals surface area contributed by atoms with Crippen LogP contribution in [0.15, 0.2) is 0 Å². The van der Waals surface area contributed by atoms with Crippen molar-refractivity contribution in [3.8, 4) is 0 Å². The second kappa shape index (κ2) is 4.10. The van der Waals surface area contributed by atoms with Gasteiger partial charge in [-0.15, -0.1) is 0 Å². The summed E-state index contributed by atoms with van der Waals surface area (Å²) in [5.74, 6) is 1.36. The number of aliphatic hydroxyl groups excluding tert-OH is 1. The quantitative estimate of drug-likeness (QED) is 0.651. The molecule has 1 N–H and O–H groups in total. The van der Waals surface area contributed by atoms with Crippen molar-refractivity contribution >= 4 is 0 Å². The van der Waals surface area contributed by atoms with Crippen LogP contribution < -0.4 is 0 Å². The molecule has 0 aliphatic heterocycles. The van der Waals surface area contributed by atoms with Crippen LogP contribution in [0.1, 0.15) is 46.0 Å². The molecule has 0 saturated heterocycles. The van der Waals surface area contributed by atoms with Crippen LogP contribution in [0.5, 0.6) is 0 Å². The molecule has 0 spiro atoms. The fraction of sp³-hybridized carbons (Fsp3) is 1.00. The van der Waals surface area contributed by atoms with E-state index in [-0.39, 0.29) is 6.10 Å². The molecule has 1 nitrogen and oxygen atoms in total. The van der Waals surface area contributed by atoms with Gasteiger partial charge >= 0.3 is 0 Å². The van der Waals surface area contributed by atoms with Crippen LogP contribution in [-0.4, -0.2) is 11.2 Å². The second-order valence-corrected chi connectivity index (χ2v) is 4.03. The molecule has 0 unspecified atom stereocenters. The van der Waals surface area contributed by atoms with Crippen molar-refractivity contribution in [3.63, 3.8) is 0 Å². The highest BCUT2D eigenvalue weighted by Gasteiger charge is 2.25. The summed E-state index contributed by atoms with van der Waals surface area (Å²) < 4.78 is 0. The average Bonchev–Trinajstić information content (AvgIpc) is 1.95. The Hall–Kier alpha value is -0.0400. The van der Waals surface area contributed by atoms with E-state index in [0.717, 1.165) is 12.3 Å². The topological polar surface area (TPSA) is 20.2 Å². The van der Waals surface area contributed by atoms with Crippen LogP contribution in [0.3, 0.4) is 0 Å². The average molecular weight is 156 g/mol. The third kappa shape index (κ3) is 2.48. The van der Waals surface area contributed by atoms with E-state index >= 15 is 0 Å². The van der Waals surface area contributed by atoms with Gasteiger partial charge in [0.05, 0.1) is 6.10 Å². The minimum Gasteiger partial charge on any atom is -0.393 e. The smallest absolute Gasteiger partial charge is 0.0570 e. The van der Waals surface area contributed by atoms with Gasteiger partial charge in [-0.25, -0.2) is 0 Å². The highest BCUT2D eigenvalue weighted by Crippen LogP contribution is 2.31. The Balaban J connectivity index is 2.31. The van der Waals surface area contributed by atoms with Crippen molar-refractivity contribution in [2.45, 2.75) is 52.1 Å². The first-order chi connectivity index (χ1) is 5.24. The van der Waals surface area contributed by atoms with Crippen LogP contribution >= 0.6 is 0 Å². The molecule has 1 aliphatic carbocycles. The monoisotopic (exact) mass is 156 g/mol. The minimum atomic E-state index is -0.00120. The lowest BCUT2D eigenvalue weighted by Gasteiger charge is -2.31. The number of hydrogen-bond donors (Lipinski definition) is 1. The van der Waals surface area contributed by atoms with Crippen molar-refractivity contribution < 1.29 is 5.11 Å². The number of hydrogen-bond acceptors (Lipinski definition) is 1. The fourth-order valence-corrected chi connectivity index (χ4v) is 2.12. The molecule has 0 aromatic heterocycles. The number of aliphatic hydroxyl groups is 1. The van der Waals surface area contributed by atoms with E-state index < -0.39 is 0 Å². The lowest BCUT2D eigenvalue weighted by atomic mass is 9.79. The summed E-state index contributed by atoms with van der Waals surface area (Å²) in [6, 6.07) is 0. The third-order valence-electron chi connectivity index (χ3n) is 2.88. The van der Waals surface area contributed by atoms with E-state index in [4.69, 9.17) is 0 Å². The van der Waals surface area contributed by atoms with E-state index in [1.807, 2.05) is 0 Å². The molecule has 1 rings (SSSR count). The predicted octanol–water partition coefficient (Wildman–Crippen LogP) is 2.58. The van der Waals surface area contributed by atoms with E-state index in [9.17, 15) is 5.11 Å². The summed E-state index contributed by atoms with van der Waals surface area (Å²) in [4.78, 5) is 0. The SMILES string of the molecule is CCC[C@@H]1CC[C@@H](C)C[C@H]1O. The van der Waals surface area contributed by atoms with Crippen molar-refractivity contribution in [1.82, 2.24) is 0 Å². The Kier molecular flexibility index (Phi) is 3.38. The van der Waals surface area contributed by atoms with Gasteiger partial charge in [-0.2, -0.15) is 0 Å². The number of rotatable bonds is 2. The van der Waals surface area contributed by atoms with Gasteiger partial charge < -0.3 is 5.11 Å². The maximum Gasteiger partial charge on any atom is 0.0570 e. The van der Waals surface area contributed by atoms with Crippen molar-refractivity contribution in [2.24, 2.45) is 11.8 Å². The molecule has 3 atom stereocenters. The zero-order chi connectivity index (χ0) is 8.27. The Morgan fingerprint density at radius 3 is 2.64 bits per heavy atom. The summed E-state index contributed by atoms with van der Waals surface area (Å²) in [5.41, 5.74) is 0. The van der Waals surface area contributed by atoms with E-state index in [1.54, 1.807) is 0 Å². The Morgan fingerprint density at radius 1 is 1.36 bits per heavy atom. The highest BCUT2D eigenvalue weighted by atomic mass is 16.3. The molecule has 1 heteroatoms. The molecule has 1 aliphatic rings. The molecule has 0 aromatic rings. The first-order valence-electron chi connectivity index (χ1n) is 4.92. The molecule has 0 heterocycles. The standard InChI is InChI=1S/C10H20O/c1-3-4-9-6-5-8(2)7-10(9)11/h8-11H,3-7H2,1-2H3/t8-,9-,10-/m1/s1. The lowest BCUT2D eigenvalue weighted by molar-refractivity contribution is 0.0444. The van der Waals surface area contributed by atoms with Gasteiger partial charge in [-0.3, -0.25) is 0 Å². The normalized spacial score (nSPS) is 39.0. The fourth-order valence-electron chi connectivity index (χ4n) is 2.12. The second-order valence-electron chi connectivity index (χ2n) is 4.03. The summed E-state index contributed by atoms with van der Waals surface area (Å²) in [7, 11) is 0. The molecule has 1 saturated carbocycles. The molecule has 11 heavy (non-hydrogen) atoms. The van der Waals surface area contributed by atoms with Crippen LogP contribution in [0.25, 0.3) is 0 Å². The largest absolute Gasteiger partial charge is 0.393 e. The molecule has 0 amide bonds. The molecule has 0 radical (unpaired) electrons. The van der Waals surface area contributed by atoms with Crippen LogP contribution in [0.4, 0.5) is 0 Å². The minimum absolute atomic E-state index is 0.00120. The van der Waals surface area contributed by atoms with E-state index in [1.165, 1.54) is 25.7 Å². The zero-order valence-electron chi connectivity index (χ0n) is 7.71. The lowest BCUT2D eigenvalue weighted by Crippen LogP contribution is -2.28. The molecule has 1 fully saturated rings. The van der Waals surface area contributed by atoms with E-state index in [0.29, 0.717) is 5.92 Å². The predicted molar refractivity (Wildman–Crippen MR) is 47.4 cm³/mol. The van der Waals surface area contributed by atoms with Crippen molar-refractivity contribution in [1.29, 1.82) is 0 Å². The first kappa shape index (κ1) is 9.05. The zero-order valence-corrected chi connectivity index (χ0v) is 7.71. The summed E-state index contributed by atoms with van der Waals surface area (Å²) >= 11 is 0. The van der Waals surface area contributed by atoms with Gasteiger partial charge in [0.2, 0.25) is 0 Å². The van der Waals surface area contributed by atoms with Crippen molar-refractivity contribution in [2.75, 3.05) is 0 Å².